The van der Waals surface area contributed by atoms with Crippen LogP contribution in [0.25, 0.3) is 0 Å². The molecule has 3 heteroatoms. The van der Waals surface area contributed by atoms with Crippen LogP contribution in [0.3, 0.4) is 0 Å². The van der Waals surface area contributed by atoms with Crippen LogP contribution in [-0.2, 0) is 4.74 Å². The Morgan fingerprint density at radius 2 is 2.12 bits per heavy atom. The van der Waals surface area contributed by atoms with Crippen molar-refractivity contribution >= 4 is 0 Å². The molecule has 1 aromatic carbocycles. The van der Waals surface area contributed by atoms with Crippen LogP contribution in [0.2, 0.25) is 0 Å². The highest BCUT2D eigenvalue weighted by molar-refractivity contribution is 5.26. The summed E-state index contributed by atoms with van der Waals surface area (Å²) in [6.07, 6.45) is 0.846. The molecule has 0 saturated heterocycles. The van der Waals surface area contributed by atoms with Crippen LogP contribution in [0.15, 0.2) is 18.2 Å². The van der Waals surface area contributed by atoms with E-state index in [1.54, 1.807) is 20.1 Å². The van der Waals surface area contributed by atoms with Crippen molar-refractivity contribution in [1.82, 2.24) is 0 Å². The van der Waals surface area contributed by atoms with Gasteiger partial charge in [0.25, 0.3) is 0 Å². The number of hydrogen-bond donors (Lipinski definition) is 1. The fourth-order valence-electron chi connectivity index (χ4n) is 1.82. The van der Waals surface area contributed by atoms with Gasteiger partial charge >= 0.3 is 0 Å². The van der Waals surface area contributed by atoms with E-state index in [0.717, 1.165) is 12.0 Å². The summed E-state index contributed by atoms with van der Waals surface area (Å²) in [6, 6.07) is 5.00. The lowest BCUT2D eigenvalue weighted by Crippen LogP contribution is -2.16. The van der Waals surface area contributed by atoms with Gasteiger partial charge in [0.15, 0.2) is 0 Å². The highest BCUT2D eigenvalue weighted by atomic mass is 19.1. The Bertz CT molecular complexity index is 341. The Balaban J connectivity index is 2.65. The highest BCUT2D eigenvalue weighted by Gasteiger charge is 2.12. The Morgan fingerprint density at radius 1 is 1.44 bits per heavy atom. The van der Waals surface area contributed by atoms with Gasteiger partial charge in [-0.2, -0.15) is 0 Å². The molecule has 0 saturated carbocycles. The average molecular weight is 225 g/mol. The predicted molar refractivity (Wildman–Crippen MR) is 63.7 cm³/mol. The number of hydrogen-bond acceptors (Lipinski definition) is 2. The van der Waals surface area contributed by atoms with E-state index in [4.69, 9.17) is 10.5 Å². The van der Waals surface area contributed by atoms with Crippen molar-refractivity contribution in [3.63, 3.8) is 0 Å². The molecule has 0 aliphatic rings. The van der Waals surface area contributed by atoms with E-state index in [9.17, 15) is 4.39 Å². The van der Waals surface area contributed by atoms with Crippen molar-refractivity contribution in [2.45, 2.75) is 26.3 Å². The first-order chi connectivity index (χ1) is 7.54. The number of benzene rings is 1. The van der Waals surface area contributed by atoms with Crippen molar-refractivity contribution in [3.05, 3.63) is 35.1 Å². The number of nitrogens with two attached hydrogens (primary N) is 1. The molecule has 1 rings (SSSR count). The van der Waals surface area contributed by atoms with Crippen LogP contribution >= 0.6 is 0 Å². The molecule has 0 bridgehead atoms. The van der Waals surface area contributed by atoms with Crippen LogP contribution in [0.5, 0.6) is 0 Å². The number of ether oxygens (including phenoxy) is 1. The number of methoxy groups -OCH3 is 1. The van der Waals surface area contributed by atoms with Crippen LogP contribution in [0, 0.1) is 18.7 Å². The lowest BCUT2D eigenvalue weighted by atomic mass is 9.96. The number of halogens is 1. The van der Waals surface area contributed by atoms with E-state index in [0.29, 0.717) is 18.1 Å². The minimum Gasteiger partial charge on any atom is -0.384 e. The zero-order valence-electron chi connectivity index (χ0n) is 10.2. The Hall–Kier alpha value is -0.930. The van der Waals surface area contributed by atoms with E-state index >= 15 is 0 Å². The quantitative estimate of drug-likeness (QED) is 0.836. The lowest BCUT2D eigenvalue weighted by molar-refractivity contribution is 0.152. The summed E-state index contributed by atoms with van der Waals surface area (Å²) in [7, 11) is 1.68. The van der Waals surface area contributed by atoms with E-state index in [2.05, 4.69) is 6.92 Å². The molecule has 16 heavy (non-hydrogen) atoms. The Morgan fingerprint density at radius 3 is 2.69 bits per heavy atom. The average Bonchev–Trinajstić information content (AvgIpc) is 2.22. The predicted octanol–water partition coefficient (Wildman–Crippen LogP) is 2.81. The fourth-order valence-corrected chi connectivity index (χ4v) is 1.82. The molecule has 0 spiro atoms. The van der Waals surface area contributed by atoms with Gasteiger partial charge in [-0.05, 0) is 36.5 Å². The molecule has 1 aromatic rings. The second-order valence-electron chi connectivity index (χ2n) is 4.41. The first-order valence-corrected chi connectivity index (χ1v) is 5.55. The maximum absolute atomic E-state index is 13.1. The summed E-state index contributed by atoms with van der Waals surface area (Å²) in [5, 5.41) is 0. The third-order valence-electron chi connectivity index (χ3n) is 2.72. The van der Waals surface area contributed by atoms with Gasteiger partial charge in [0.1, 0.15) is 5.82 Å². The summed E-state index contributed by atoms with van der Waals surface area (Å²) in [4.78, 5) is 0. The van der Waals surface area contributed by atoms with Gasteiger partial charge in [-0.15, -0.1) is 0 Å². The standard InChI is InChI=1S/C13H20FNO/c1-9(8-16-3)6-13(15)11-4-5-12(14)10(2)7-11/h4-5,7,9,13H,6,8,15H2,1-3H3. The highest BCUT2D eigenvalue weighted by Crippen LogP contribution is 2.21. The van der Waals surface area contributed by atoms with E-state index < -0.39 is 0 Å². The first kappa shape index (κ1) is 13.1. The molecule has 0 aromatic heterocycles. The minimum atomic E-state index is -0.180. The van der Waals surface area contributed by atoms with Crippen LogP contribution in [0.4, 0.5) is 4.39 Å². The summed E-state index contributed by atoms with van der Waals surface area (Å²) in [5.74, 6) is 0.228. The molecule has 2 atom stereocenters. The van der Waals surface area contributed by atoms with Gasteiger partial charge in [0.2, 0.25) is 0 Å². The van der Waals surface area contributed by atoms with E-state index in [-0.39, 0.29) is 11.9 Å². The topological polar surface area (TPSA) is 35.2 Å². The lowest BCUT2D eigenvalue weighted by Gasteiger charge is -2.17. The second kappa shape index (κ2) is 5.97. The van der Waals surface area contributed by atoms with Gasteiger partial charge in [-0.1, -0.05) is 19.1 Å². The van der Waals surface area contributed by atoms with E-state index in [1.807, 2.05) is 6.07 Å². The summed E-state index contributed by atoms with van der Waals surface area (Å²) >= 11 is 0. The molecule has 2 nitrogen and oxygen atoms in total. The Kier molecular flexibility index (Phi) is 4.90. The van der Waals surface area contributed by atoms with Crippen molar-refractivity contribution in [1.29, 1.82) is 0 Å². The van der Waals surface area contributed by atoms with Crippen LogP contribution in [-0.4, -0.2) is 13.7 Å². The smallest absolute Gasteiger partial charge is 0.126 e. The van der Waals surface area contributed by atoms with Gasteiger partial charge in [-0.3, -0.25) is 0 Å². The van der Waals surface area contributed by atoms with Crippen molar-refractivity contribution in [3.8, 4) is 0 Å². The maximum atomic E-state index is 13.1. The van der Waals surface area contributed by atoms with Gasteiger partial charge in [0, 0.05) is 19.8 Å². The van der Waals surface area contributed by atoms with Gasteiger partial charge < -0.3 is 10.5 Å². The molecule has 90 valence electrons. The van der Waals surface area contributed by atoms with Crippen LogP contribution < -0.4 is 5.73 Å². The van der Waals surface area contributed by atoms with E-state index in [1.165, 1.54) is 6.07 Å². The molecule has 0 amide bonds. The molecule has 0 heterocycles. The summed E-state index contributed by atoms with van der Waals surface area (Å²) in [5.41, 5.74) is 7.70. The fraction of sp³-hybridized carbons (Fsp3) is 0.538. The van der Waals surface area contributed by atoms with Gasteiger partial charge in [-0.25, -0.2) is 4.39 Å². The molecule has 2 unspecified atom stereocenters. The molecule has 0 aliphatic heterocycles. The summed E-state index contributed by atoms with van der Waals surface area (Å²) in [6.45, 7) is 4.55. The number of rotatable bonds is 5. The van der Waals surface area contributed by atoms with Crippen molar-refractivity contribution in [2.75, 3.05) is 13.7 Å². The monoisotopic (exact) mass is 225 g/mol. The normalized spacial score (nSPS) is 14.8. The van der Waals surface area contributed by atoms with Gasteiger partial charge in [0.05, 0.1) is 0 Å². The molecular weight excluding hydrogens is 205 g/mol. The summed E-state index contributed by atoms with van der Waals surface area (Å²) < 4.78 is 18.2. The van der Waals surface area contributed by atoms with Crippen molar-refractivity contribution in [2.24, 2.45) is 11.7 Å². The largest absolute Gasteiger partial charge is 0.384 e. The third-order valence-corrected chi connectivity index (χ3v) is 2.72. The molecule has 0 fully saturated rings. The molecule has 0 radical (unpaired) electrons. The third kappa shape index (κ3) is 3.58. The van der Waals surface area contributed by atoms with Crippen molar-refractivity contribution < 1.29 is 9.13 Å². The van der Waals surface area contributed by atoms with Crippen LogP contribution in [0.1, 0.15) is 30.5 Å². The zero-order chi connectivity index (χ0) is 12.1. The minimum absolute atomic E-state index is 0.0514. The zero-order valence-corrected chi connectivity index (χ0v) is 10.2. The number of aryl methyl sites for hydroxylation is 1. The maximum Gasteiger partial charge on any atom is 0.126 e. The SMILES string of the molecule is COCC(C)CC(N)c1ccc(F)c(C)c1. The molecular formula is C13H20FNO. The first-order valence-electron chi connectivity index (χ1n) is 5.55. The second-order valence-corrected chi connectivity index (χ2v) is 4.41. The molecule has 2 N–H and O–H groups in total. The molecule has 0 aliphatic carbocycles. The Labute approximate surface area is 96.6 Å².